The maximum atomic E-state index is 5.91. The standard InChI is InChI=1S/C14H18N4O.C7H14.C3H4/c1-5-7-9(6-2)11-14(3,4)19-13-10(18-11)12(15)16-8-17-13;1-7-5-3-2-4-6-7;1-3-2/h5-8H,1-4H3,(H2,15,16,17);7H,2-6H2,1H3;1H,2H3/b7-5-,9-6+;;. The van der Waals surface area contributed by atoms with E-state index in [0.717, 1.165) is 17.2 Å². The summed E-state index contributed by atoms with van der Waals surface area (Å²) in [5.74, 6) is 4.04. The van der Waals surface area contributed by atoms with Crippen molar-refractivity contribution in [1.82, 2.24) is 9.97 Å². The Labute approximate surface area is 176 Å². The lowest BCUT2D eigenvalue weighted by atomic mass is 9.91. The molecule has 2 N–H and O–H groups in total. The van der Waals surface area contributed by atoms with Gasteiger partial charge in [-0.1, -0.05) is 57.3 Å². The number of nitrogens with zero attached hydrogens (tertiary/aromatic N) is 3. The first kappa shape index (κ1) is 24.4. The number of fused-ring (bicyclic) bond motifs is 1. The molecule has 1 aromatic rings. The molecule has 1 saturated carbocycles. The third-order valence-corrected chi connectivity index (χ3v) is 4.79. The highest BCUT2D eigenvalue weighted by Crippen LogP contribution is 2.38. The predicted octanol–water partition coefficient (Wildman–Crippen LogP) is 6.05. The number of nitrogen functional groups attached to an aromatic ring is 1. The summed E-state index contributed by atoms with van der Waals surface area (Å²) in [4.78, 5) is 12.6. The lowest BCUT2D eigenvalue weighted by Gasteiger charge is -2.32. The van der Waals surface area contributed by atoms with Crippen LogP contribution in [-0.2, 0) is 0 Å². The van der Waals surface area contributed by atoms with Crippen molar-refractivity contribution in [2.75, 3.05) is 5.73 Å². The average Bonchev–Trinajstić information content (AvgIpc) is 2.67. The molecule has 5 heteroatoms. The number of rotatable bonds is 2. The molecule has 1 fully saturated rings. The fourth-order valence-electron chi connectivity index (χ4n) is 3.30. The van der Waals surface area contributed by atoms with Crippen LogP contribution >= 0.6 is 0 Å². The topological polar surface area (TPSA) is 73.4 Å². The Kier molecular flexibility index (Phi) is 10.2. The molecule has 158 valence electrons. The van der Waals surface area contributed by atoms with Gasteiger partial charge in [0, 0.05) is 0 Å². The van der Waals surface area contributed by atoms with E-state index >= 15 is 0 Å². The summed E-state index contributed by atoms with van der Waals surface area (Å²) in [6.45, 7) is 11.9. The maximum Gasteiger partial charge on any atom is 0.246 e. The highest BCUT2D eigenvalue weighted by atomic mass is 16.5. The van der Waals surface area contributed by atoms with Crippen LogP contribution in [0.4, 0.5) is 11.5 Å². The van der Waals surface area contributed by atoms with Crippen molar-refractivity contribution in [3.8, 4) is 18.2 Å². The van der Waals surface area contributed by atoms with E-state index in [1.807, 2.05) is 45.9 Å². The Bertz CT molecular complexity index is 779. The molecule has 0 saturated heterocycles. The minimum absolute atomic E-state index is 0.328. The van der Waals surface area contributed by atoms with Gasteiger partial charge in [0.2, 0.25) is 5.88 Å². The SMILES string of the molecule is C#CC.C/C=C\C(=C/C)C1=Nc2c(N)ncnc2OC1(C)C.CC1CCCCC1. The van der Waals surface area contributed by atoms with Gasteiger partial charge in [-0.2, -0.15) is 4.98 Å². The average molecular weight is 397 g/mol. The number of allylic oxidation sites excluding steroid dienone is 3. The van der Waals surface area contributed by atoms with Gasteiger partial charge in [-0.15, -0.1) is 12.3 Å². The molecule has 29 heavy (non-hydrogen) atoms. The number of hydrogen-bond acceptors (Lipinski definition) is 5. The highest BCUT2D eigenvalue weighted by molar-refractivity contribution is 6.10. The fourth-order valence-corrected chi connectivity index (χ4v) is 3.30. The number of ether oxygens (including phenoxy) is 1. The van der Waals surface area contributed by atoms with E-state index in [2.05, 4.69) is 34.2 Å². The van der Waals surface area contributed by atoms with E-state index in [1.165, 1.54) is 38.4 Å². The number of aromatic nitrogens is 2. The normalized spacial score (nSPS) is 18.1. The first-order valence-electron chi connectivity index (χ1n) is 10.4. The van der Waals surface area contributed by atoms with Crippen LogP contribution in [-0.4, -0.2) is 21.3 Å². The molecule has 1 aliphatic heterocycles. The second-order valence-electron chi connectivity index (χ2n) is 7.76. The summed E-state index contributed by atoms with van der Waals surface area (Å²) in [7, 11) is 0. The summed E-state index contributed by atoms with van der Waals surface area (Å²) in [6, 6.07) is 0. The number of hydrogen-bond donors (Lipinski definition) is 1. The van der Waals surface area contributed by atoms with Crippen LogP contribution in [0.2, 0.25) is 0 Å². The van der Waals surface area contributed by atoms with Crippen LogP contribution in [0.25, 0.3) is 0 Å². The van der Waals surface area contributed by atoms with Crippen LogP contribution in [0, 0.1) is 18.3 Å². The van der Waals surface area contributed by atoms with Crippen LogP contribution < -0.4 is 10.5 Å². The van der Waals surface area contributed by atoms with Crippen LogP contribution in [0.3, 0.4) is 0 Å². The zero-order valence-electron chi connectivity index (χ0n) is 18.8. The molecule has 0 spiro atoms. The largest absolute Gasteiger partial charge is 0.463 e. The van der Waals surface area contributed by atoms with Gasteiger partial charge < -0.3 is 10.5 Å². The molecule has 1 aliphatic carbocycles. The monoisotopic (exact) mass is 396 g/mol. The second kappa shape index (κ2) is 12.1. The number of aliphatic imine (C=N–C) groups is 1. The summed E-state index contributed by atoms with van der Waals surface area (Å²) >= 11 is 0. The molecule has 1 aromatic heterocycles. The molecule has 0 radical (unpaired) electrons. The molecule has 3 rings (SSSR count). The van der Waals surface area contributed by atoms with Crippen molar-refractivity contribution < 1.29 is 4.74 Å². The van der Waals surface area contributed by atoms with Crippen molar-refractivity contribution in [3.63, 3.8) is 0 Å². The van der Waals surface area contributed by atoms with Gasteiger partial charge >= 0.3 is 0 Å². The summed E-state index contributed by atoms with van der Waals surface area (Å²) in [5, 5.41) is 0. The van der Waals surface area contributed by atoms with Crippen molar-refractivity contribution in [2.45, 2.75) is 79.2 Å². The Hall–Kier alpha value is -2.61. The smallest absolute Gasteiger partial charge is 0.246 e. The van der Waals surface area contributed by atoms with E-state index in [0.29, 0.717) is 17.4 Å². The maximum absolute atomic E-state index is 5.91. The van der Waals surface area contributed by atoms with Gasteiger partial charge in [-0.3, -0.25) is 0 Å². The lowest BCUT2D eigenvalue weighted by molar-refractivity contribution is 0.171. The summed E-state index contributed by atoms with van der Waals surface area (Å²) < 4.78 is 5.91. The Morgan fingerprint density at radius 2 is 1.86 bits per heavy atom. The molecular formula is C24H36N4O. The zero-order chi connectivity index (χ0) is 21.9. The number of nitrogens with two attached hydrogens (primary N) is 1. The van der Waals surface area contributed by atoms with Crippen molar-refractivity contribution in [1.29, 1.82) is 0 Å². The quantitative estimate of drug-likeness (QED) is 0.488. The van der Waals surface area contributed by atoms with E-state index in [-0.39, 0.29) is 0 Å². The van der Waals surface area contributed by atoms with E-state index in [4.69, 9.17) is 10.5 Å². The lowest BCUT2D eigenvalue weighted by Crippen LogP contribution is -2.41. The summed E-state index contributed by atoms with van der Waals surface area (Å²) in [5.41, 5.74) is 7.59. The molecule has 0 bridgehead atoms. The molecule has 2 aliphatic rings. The molecule has 0 unspecified atom stereocenters. The molecular weight excluding hydrogens is 360 g/mol. The molecule has 5 nitrogen and oxygen atoms in total. The van der Waals surface area contributed by atoms with Crippen molar-refractivity contribution in [2.24, 2.45) is 10.9 Å². The van der Waals surface area contributed by atoms with Crippen LogP contribution in [0.5, 0.6) is 5.88 Å². The minimum atomic E-state index is -0.560. The third-order valence-electron chi connectivity index (χ3n) is 4.79. The van der Waals surface area contributed by atoms with Gasteiger partial charge in [0.1, 0.15) is 11.9 Å². The van der Waals surface area contributed by atoms with Gasteiger partial charge in [-0.05, 0) is 46.1 Å². The van der Waals surface area contributed by atoms with Gasteiger partial charge in [0.15, 0.2) is 11.5 Å². The highest BCUT2D eigenvalue weighted by Gasteiger charge is 2.35. The number of anilines is 1. The zero-order valence-corrected chi connectivity index (χ0v) is 18.8. The van der Waals surface area contributed by atoms with Gasteiger partial charge in [-0.25, -0.2) is 9.98 Å². The predicted molar refractivity (Wildman–Crippen MR) is 124 cm³/mol. The molecule has 0 amide bonds. The van der Waals surface area contributed by atoms with Gasteiger partial charge in [0.05, 0.1) is 5.71 Å². The first-order chi connectivity index (χ1) is 13.8. The third kappa shape index (κ3) is 7.38. The summed E-state index contributed by atoms with van der Waals surface area (Å²) in [6.07, 6.45) is 19.4. The van der Waals surface area contributed by atoms with E-state index < -0.39 is 5.60 Å². The Morgan fingerprint density at radius 1 is 1.24 bits per heavy atom. The molecule has 0 aromatic carbocycles. The van der Waals surface area contributed by atoms with Crippen molar-refractivity contribution in [3.05, 3.63) is 30.1 Å². The minimum Gasteiger partial charge on any atom is -0.463 e. The van der Waals surface area contributed by atoms with Crippen molar-refractivity contribution >= 4 is 17.2 Å². The molecule has 2 heterocycles. The van der Waals surface area contributed by atoms with Gasteiger partial charge in [0.25, 0.3) is 0 Å². The van der Waals surface area contributed by atoms with E-state index in [9.17, 15) is 0 Å². The fraction of sp³-hybridized carbons (Fsp3) is 0.542. The first-order valence-corrected chi connectivity index (χ1v) is 10.4. The van der Waals surface area contributed by atoms with Crippen LogP contribution in [0.1, 0.15) is 73.6 Å². The van der Waals surface area contributed by atoms with E-state index in [1.54, 1.807) is 6.92 Å². The second-order valence-corrected chi connectivity index (χ2v) is 7.76. The molecule has 0 atom stereocenters. The Morgan fingerprint density at radius 3 is 2.34 bits per heavy atom. The number of terminal acetylenes is 1. The van der Waals surface area contributed by atoms with Crippen LogP contribution in [0.15, 0.2) is 35.1 Å². The Balaban J connectivity index is 0.000000347.